The van der Waals surface area contributed by atoms with Gasteiger partial charge in [0.05, 0.1) is 17.6 Å². The van der Waals surface area contributed by atoms with Crippen LogP contribution in [0, 0.1) is 0 Å². The molecule has 0 radical (unpaired) electrons. The maximum atomic E-state index is 12.7. The molecule has 0 saturated heterocycles. The van der Waals surface area contributed by atoms with Crippen LogP contribution in [0.3, 0.4) is 0 Å². The summed E-state index contributed by atoms with van der Waals surface area (Å²) in [7, 11) is -0.566. The minimum absolute atomic E-state index is 0.00368. The average molecular weight is 475 g/mol. The molecule has 1 saturated carbocycles. The average Bonchev–Trinajstić information content (AvgIpc) is 2.84. The van der Waals surface area contributed by atoms with Gasteiger partial charge in [-0.25, -0.2) is 13.2 Å². The third kappa shape index (κ3) is 6.25. The van der Waals surface area contributed by atoms with Crippen molar-refractivity contribution in [3.63, 3.8) is 0 Å². The number of sulfonamides is 1. The van der Waals surface area contributed by atoms with Gasteiger partial charge in [0.15, 0.2) is 6.10 Å². The molecular weight excluding hydrogens is 444 g/mol. The monoisotopic (exact) mass is 474 g/mol. The molecule has 0 heterocycles. The van der Waals surface area contributed by atoms with Crippen molar-refractivity contribution in [1.82, 2.24) is 4.90 Å². The molecule has 1 aliphatic rings. The Balaban J connectivity index is 1.61. The number of nitrogens with zero attached hydrogens (tertiary/aromatic N) is 1. The zero-order valence-electron chi connectivity index (χ0n) is 19.1. The number of nitrogens with one attached hydrogen (secondary N) is 1. The maximum absolute atomic E-state index is 12.7. The lowest BCUT2D eigenvalue weighted by Crippen LogP contribution is -2.44. The summed E-state index contributed by atoms with van der Waals surface area (Å²) in [5.74, 6) is -0.309. The number of amides is 1. The zero-order chi connectivity index (χ0) is 24.0. The normalized spacial score (nSPS) is 15.4. The zero-order valence-corrected chi connectivity index (χ0v) is 19.9. The summed E-state index contributed by atoms with van der Waals surface area (Å²) in [4.78, 5) is 26.8. The van der Waals surface area contributed by atoms with Gasteiger partial charge in [-0.1, -0.05) is 19.3 Å². The second kappa shape index (κ2) is 10.7. The minimum atomic E-state index is -3.84. The second-order valence-corrected chi connectivity index (χ2v) is 9.83. The molecule has 178 valence electrons. The molecule has 1 unspecified atom stereocenters. The van der Waals surface area contributed by atoms with E-state index >= 15 is 0 Å². The van der Waals surface area contributed by atoms with Crippen LogP contribution in [-0.4, -0.2) is 51.5 Å². The van der Waals surface area contributed by atoms with Gasteiger partial charge in [-0.2, -0.15) is 0 Å². The van der Waals surface area contributed by atoms with Gasteiger partial charge >= 0.3 is 5.97 Å². The lowest BCUT2D eigenvalue weighted by Gasteiger charge is -2.32. The van der Waals surface area contributed by atoms with E-state index in [1.165, 1.54) is 37.8 Å². The highest BCUT2D eigenvalue weighted by atomic mass is 32.2. The molecule has 1 fully saturated rings. The van der Waals surface area contributed by atoms with Crippen molar-refractivity contribution in [2.45, 2.75) is 56.1 Å². The van der Waals surface area contributed by atoms with Crippen LogP contribution in [0.5, 0.6) is 5.75 Å². The van der Waals surface area contributed by atoms with E-state index in [1.807, 2.05) is 0 Å². The summed E-state index contributed by atoms with van der Waals surface area (Å²) < 4.78 is 38.1. The fraction of sp³-hybridized carbons (Fsp3) is 0.417. The first-order valence-electron chi connectivity index (χ1n) is 11.0. The highest BCUT2D eigenvalue weighted by molar-refractivity contribution is 7.92. The van der Waals surface area contributed by atoms with E-state index in [0.717, 1.165) is 25.7 Å². The Morgan fingerprint density at radius 1 is 1.00 bits per heavy atom. The number of rotatable bonds is 8. The van der Waals surface area contributed by atoms with Gasteiger partial charge in [-0.05, 0) is 68.3 Å². The molecule has 1 N–H and O–H groups in total. The lowest BCUT2D eigenvalue weighted by molar-refractivity contribution is -0.141. The van der Waals surface area contributed by atoms with Crippen molar-refractivity contribution < 1.29 is 27.5 Å². The van der Waals surface area contributed by atoms with E-state index in [1.54, 1.807) is 43.1 Å². The topological polar surface area (TPSA) is 102 Å². The Kier molecular flexibility index (Phi) is 7.97. The Hall–Kier alpha value is -3.07. The number of methoxy groups -OCH3 is 1. The molecular formula is C24H30N2O6S. The number of hydrogen-bond acceptors (Lipinski definition) is 6. The smallest absolute Gasteiger partial charge is 0.338 e. The molecule has 2 aromatic rings. The van der Waals surface area contributed by atoms with Gasteiger partial charge in [0.1, 0.15) is 5.75 Å². The van der Waals surface area contributed by atoms with Crippen molar-refractivity contribution in [3.05, 3.63) is 54.1 Å². The Bertz CT molecular complexity index is 1060. The van der Waals surface area contributed by atoms with Gasteiger partial charge in [-0.15, -0.1) is 0 Å². The van der Waals surface area contributed by atoms with Crippen LogP contribution < -0.4 is 9.46 Å². The number of likely N-dealkylation sites (N-methyl/N-ethyl adjacent to an activating group) is 1. The molecule has 2 aromatic carbocycles. The number of hydrogen-bond donors (Lipinski definition) is 1. The molecule has 1 atom stereocenters. The van der Waals surface area contributed by atoms with Crippen LogP contribution >= 0.6 is 0 Å². The van der Waals surface area contributed by atoms with Crippen molar-refractivity contribution in [2.24, 2.45) is 0 Å². The molecule has 0 aliphatic heterocycles. The summed E-state index contributed by atoms with van der Waals surface area (Å²) in [6.45, 7) is 1.55. The number of ether oxygens (including phenoxy) is 2. The third-order valence-corrected chi connectivity index (χ3v) is 7.24. The first-order chi connectivity index (χ1) is 15.7. The first kappa shape index (κ1) is 24.6. The van der Waals surface area contributed by atoms with E-state index in [-0.39, 0.29) is 22.4 Å². The van der Waals surface area contributed by atoms with Crippen LogP contribution in [0.1, 0.15) is 49.4 Å². The van der Waals surface area contributed by atoms with Crippen molar-refractivity contribution >= 4 is 27.6 Å². The molecule has 1 amide bonds. The fourth-order valence-electron chi connectivity index (χ4n) is 3.86. The van der Waals surface area contributed by atoms with E-state index in [4.69, 9.17) is 9.47 Å². The van der Waals surface area contributed by atoms with Crippen LogP contribution in [0.15, 0.2) is 53.4 Å². The number of carbonyl (C=O) groups is 2. The van der Waals surface area contributed by atoms with Gasteiger partial charge in [-0.3, -0.25) is 9.52 Å². The van der Waals surface area contributed by atoms with E-state index < -0.39 is 22.1 Å². The number of anilines is 1. The van der Waals surface area contributed by atoms with Crippen molar-refractivity contribution in [1.29, 1.82) is 0 Å². The Morgan fingerprint density at radius 3 is 2.18 bits per heavy atom. The van der Waals surface area contributed by atoms with Crippen LogP contribution in [0.2, 0.25) is 0 Å². The largest absolute Gasteiger partial charge is 0.497 e. The SMILES string of the molecule is COc1ccc(NS(=O)(=O)c2ccc(C(=O)OC(C)C(=O)N(C)C3CCCCC3)cc2)cc1. The highest BCUT2D eigenvalue weighted by Crippen LogP contribution is 2.23. The van der Waals surface area contributed by atoms with Gasteiger partial charge in [0.2, 0.25) is 0 Å². The predicted molar refractivity (Wildman–Crippen MR) is 125 cm³/mol. The number of esters is 1. The third-order valence-electron chi connectivity index (χ3n) is 5.84. The quantitative estimate of drug-likeness (QED) is 0.584. The maximum Gasteiger partial charge on any atom is 0.338 e. The molecule has 8 nitrogen and oxygen atoms in total. The minimum Gasteiger partial charge on any atom is -0.497 e. The van der Waals surface area contributed by atoms with Crippen LogP contribution in [-0.2, 0) is 19.6 Å². The molecule has 0 bridgehead atoms. The molecule has 3 rings (SSSR count). The lowest BCUT2D eigenvalue weighted by atomic mass is 9.94. The van der Waals surface area contributed by atoms with Gasteiger partial charge in [0, 0.05) is 18.8 Å². The van der Waals surface area contributed by atoms with E-state index in [2.05, 4.69) is 4.72 Å². The van der Waals surface area contributed by atoms with Gasteiger partial charge in [0.25, 0.3) is 15.9 Å². The first-order valence-corrected chi connectivity index (χ1v) is 12.4. The summed E-state index contributed by atoms with van der Waals surface area (Å²) >= 11 is 0. The molecule has 33 heavy (non-hydrogen) atoms. The highest BCUT2D eigenvalue weighted by Gasteiger charge is 2.28. The van der Waals surface area contributed by atoms with E-state index in [0.29, 0.717) is 11.4 Å². The molecule has 9 heteroatoms. The van der Waals surface area contributed by atoms with Gasteiger partial charge < -0.3 is 14.4 Å². The second-order valence-electron chi connectivity index (χ2n) is 8.15. The van der Waals surface area contributed by atoms with Crippen LogP contribution in [0.4, 0.5) is 5.69 Å². The molecule has 1 aliphatic carbocycles. The number of benzene rings is 2. The van der Waals surface area contributed by atoms with E-state index in [9.17, 15) is 18.0 Å². The fourth-order valence-corrected chi connectivity index (χ4v) is 4.92. The number of carbonyl (C=O) groups excluding carboxylic acids is 2. The van der Waals surface area contributed by atoms with Crippen LogP contribution in [0.25, 0.3) is 0 Å². The summed E-state index contributed by atoms with van der Waals surface area (Å²) in [6, 6.07) is 12.0. The summed E-state index contributed by atoms with van der Waals surface area (Å²) in [5.41, 5.74) is 0.548. The molecule has 0 aromatic heterocycles. The standard InChI is InChI=1S/C24H30N2O6S/c1-17(23(27)26(2)20-7-5-4-6-8-20)32-24(28)18-9-15-22(16-10-18)33(29,30)25-19-11-13-21(31-3)14-12-19/h9-17,20,25H,4-8H2,1-3H3. The van der Waals surface area contributed by atoms with Crippen molar-refractivity contribution in [3.8, 4) is 5.75 Å². The molecule has 0 spiro atoms. The van der Waals surface area contributed by atoms with Crippen molar-refractivity contribution in [2.75, 3.05) is 18.9 Å². The Labute approximate surface area is 194 Å². The summed E-state index contributed by atoms with van der Waals surface area (Å²) in [5, 5.41) is 0. The Morgan fingerprint density at radius 2 is 1.61 bits per heavy atom. The predicted octanol–water partition coefficient (Wildman–Crippen LogP) is 3.83. The summed E-state index contributed by atoms with van der Waals surface area (Å²) in [6.07, 6.45) is 4.37.